The molecule has 3 heterocycles. The molecule has 2 saturated heterocycles. The Morgan fingerprint density at radius 1 is 1.24 bits per heavy atom. The van der Waals surface area contributed by atoms with Gasteiger partial charge in [0.05, 0.1) is 38.4 Å². The minimum atomic E-state index is -0.350. The molecule has 3 atom stereocenters. The zero-order valence-electron chi connectivity index (χ0n) is 17.3. The number of carbonyl (C=O) groups is 2. The lowest BCUT2D eigenvalue weighted by atomic mass is 10.0. The van der Waals surface area contributed by atoms with Crippen LogP contribution in [0, 0.1) is 0 Å². The van der Waals surface area contributed by atoms with Crippen molar-refractivity contribution in [2.24, 2.45) is 0 Å². The van der Waals surface area contributed by atoms with E-state index in [9.17, 15) is 9.59 Å². The van der Waals surface area contributed by atoms with E-state index < -0.39 is 0 Å². The van der Waals surface area contributed by atoms with Crippen LogP contribution in [-0.2, 0) is 14.3 Å². The van der Waals surface area contributed by atoms with E-state index in [1.54, 1.807) is 0 Å². The molecule has 2 fully saturated rings. The van der Waals surface area contributed by atoms with Gasteiger partial charge in [0.15, 0.2) is 0 Å². The maximum atomic E-state index is 13.2. The number of amides is 2. The van der Waals surface area contributed by atoms with Crippen LogP contribution in [0.15, 0.2) is 24.3 Å². The number of hydrogen-bond donors (Lipinski definition) is 2. The number of nitrogens with one attached hydrogen (secondary N) is 2. The molecule has 0 aliphatic carbocycles. The van der Waals surface area contributed by atoms with Crippen molar-refractivity contribution in [2.45, 2.75) is 31.1 Å². The van der Waals surface area contributed by atoms with E-state index in [1.165, 1.54) is 5.56 Å². The number of nitrogens with zero attached hydrogens (tertiary/aromatic N) is 3. The second-order valence-corrected chi connectivity index (χ2v) is 8.38. The van der Waals surface area contributed by atoms with Gasteiger partial charge in [-0.1, -0.05) is 18.2 Å². The van der Waals surface area contributed by atoms with Gasteiger partial charge in [0.25, 0.3) is 0 Å². The predicted molar refractivity (Wildman–Crippen MR) is 111 cm³/mol. The first-order valence-electron chi connectivity index (χ1n) is 10.4. The average Bonchev–Trinajstić information content (AvgIpc) is 3.06. The Hall–Kier alpha value is -2.00. The molecule has 158 valence electrons. The molecule has 0 saturated carbocycles. The smallest absolute Gasteiger partial charge is 0.230 e. The van der Waals surface area contributed by atoms with Crippen molar-refractivity contribution in [3.8, 4) is 0 Å². The average molecular weight is 402 g/mol. The first-order chi connectivity index (χ1) is 14.0. The summed E-state index contributed by atoms with van der Waals surface area (Å²) >= 11 is 0. The Balaban J connectivity index is 1.42. The van der Waals surface area contributed by atoms with Gasteiger partial charge in [-0.05, 0) is 25.7 Å². The number of carbonyl (C=O) groups excluding carboxylic acids is 2. The number of hydrogen-bond acceptors (Lipinski definition) is 6. The highest BCUT2D eigenvalue weighted by Crippen LogP contribution is 2.36. The summed E-state index contributed by atoms with van der Waals surface area (Å²) in [5, 5.41) is 6.40. The van der Waals surface area contributed by atoms with Gasteiger partial charge in [-0.25, -0.2) is 0 Å². The number of fused-ring (bicyclic) bond motifs is 1. The monoisotopic (exact) mass is 401 g/mol. The minimum absolute atomic E-state index is 0.00894. The fourth-order valence-electron chi connectivity index (χ4n) is 4.61. The van der Waals surface area contributed by atoms with Crippen LogP contribution < -0.4 is 15.5 Å². The standard InChI is InChI=1S/C21H31N5O3/c1-24(2)13-15-14-26(17-6-4-3-5-16(15)17)21(28)11-18-22-19(12-20(27)23-18)25-7-9-29-10-8-25/h3-6,15,18-19,22H,7-14H2,1-2H3,(H,23,27)/t15-,18?,19?/m1/s1. The van der Waals surface area contributed by atoms with Crippen LogP contribution in [0.4, 0.5) is 5.69 Å². The van der Waals surface area contributed by atoms with Gasteiger partial charge < -0.3 is 19.9 Å². The van der Waals surface area contributed by atoms with Gasteiger partial charge in [-0.2, -0.15) is 0 Å². The predicted octanol–water partition coefficient (Wildman–Crippen LogP) is 0.162. The molecule has 2 N–H and O–H groups in total. The molecule has 2 unspecified atom stereocenters. The molecule has 1 aromatic carbocycles. The summed E-state index contributed by atoms with van der Waals surface area (Å²) in [5.41, 5.74) is 2.22. The van der Waals surface area contributed by atoms with Crippen molar-refractivity contribution in [3.63, 3.8) is 0 Å². The van der Waals surface area contributed by atoms with E-state index in [2.05, 4.69) is 40.6 Å². The van der Waals surface area contributed by atoms with Gasteiger partial charge in [-0.15, -0.1) is 0 Å². The fourth-order valence-corrected chi connectivity index (χ4v) is 4.61. The molecule has 2 amide bonds. The fraction of sp³-hybridized carbons (Fsp3) is 0.619. The van der Waals surface area contributed by atoms with Crippen molar-refractivity contribution in [3.05, 3.63) is 29.8 Å². The van der Waals surface area contributed by atoms with Crippen LogP contribution in [0.2, 0.25) is 0 Å². The SMILES string of the molecule is CN(C)C[C@@H]1CN(C(=O)CC2NC(=O)CC(N3CCOCC3)N2)c2ccccc21. The molecule has 0 bridgehead atoms. The molecule has 8 nitrogen and oxygen atoms in total. The summed E-state index contributed by atoms with van der Waals surface area (Å²) in [6, 6.07) is 8.15. The third-order valence-electron chi connectivity index (χ3n) is 5.93. The maximum absolute atomic E-state index is 13.2. The van der Waals surface area contributed by atoms with Gasteiger partial charge >= 0.3 is 0 Å². The summed E-state index contributed by atoms with van der Waals surface area (Å²) < 4.78 is 5.41. The number of likely N-dealkylation sites (N-methyl/N-ethyl adjacent to an activating group) is 1. The summed E-state index contributed by atoms with van der Waals surface area (Å²) in [4.78, 5) is 31.7. The Morgan fingerprint density at radius 3 is 2.76 bits per heavy atom. The highest BCUT2D eigenvalue weighted by Gasteiger charge is 2.36. The lowest BCUT2D eigenvalue weighted by molar-refractivity contribution is -0.128. The highest BCUT2D eigenvalue weighted by molar-refractivity contribution is 5.96. The summed E-state index contributed by atoms with van der Waals surface area (Å²) in [6.45, 7) is 4.55. The van der Waals surface area contributed by atoms with Crippen molar-refractivity contribution in [1.29, 1.82) is 0 Å². The molecule has 1 aromatic rings. The van der Waals surface area contributed by atoms with E-state index in [0.29, 0.717) is 32.1 Å². The number of benzene rings is 1. The van der Waals surface area contributed by atoms with E-state index in [1.807, 2.05) is 23.1 Å². The third-order valence-corrected chi connectivity index (χ3v) is 5.93. The van der Waals surface area contributed by atoms with E-state index >= 15 is 0 Å². The van der Waals surface area contributed by atoms with Crippen LogP contribution in [0.25, 0.3) is 0 Å². The molecule has 4 rings (SSSR count). The van der Waals surface area contributed by atoms with E-state index in [0.717, 1.165) is 25.3 Å². The van der Waals surface area contributed by atoms with Crippen LogP contribution in [0.3, 0.4) is 0 Å². The van der Waals surface area contributed by atoms with Crippen molar-refractivity contribution in [1.82, 2.24) is 20.4 Å². The number of anilines is 1. The zero-order chi connectivity index (χ0) is 20.4. The van der Waals surface area contributed by atoms with Crippen LogP contribution in [-0.4, -0.2) is 87.4 Å². The maximum Gasteiger partial charge on any atom is 0.230 e. The molecule has 0 radical (unpaired) electrons. The third kappa shape index (κ3) is 4.61. The first kappa shape index (κ1) is 20.3. The minimum Gasteiger partial charge on any atom is -0.379 e. The van der Waals surface area contributed by atoms with Gasteiger partial charge in [0, 0.05) is 37.8 Å². The molecule has 3 aliphatic rings. The van der Waals surface area contributed by atoms with Crippen molar-refractivity contribution >= 4 is 17.5 Å². The topological polar surface area (TPSA) is 77.2 Å². The highest BCUT2D eigenvalue weighted by atomic mass is 16.5. The molecular formula is C21H31N5O3. The zero-order valence-corrected chi connectivity index (χ0v) is 17.3. The van der Waals surface area contributed by atoms with Crippen molar-refractivity contribution < 1.29 is 14.3 Å². The molecule has 3 aliphatic heterocycles. The molecule has 0 aromatic heterocycles. The second-order valence-electron chi connectivity index (χ2n) is 8.38. The molecule has 8 heteroatoms. The number of rotatable bonds is 5. The second kappa shape index (κ2) is 8.79. The van der Waals surface area contributed by atoms with Crippen LogP contribution >= 0.6 is 0 Å². The summed E-state index contributed by atoms with van der Waals surface area (Å²) in [5.74, 6) is 0.338. The lowest BCUT2D eigenvalue weighted by Gasteiger charge is -2.40. The number of ether oxygens (including phenoxy) is 1. The normalized spacial score (nSPS) is 27.8. The van der Waals surface area contributed by atoms with E-state index in [-0.39, 0.29) is 30.6 Å². The first-order valence-corrected chi connectivity index (χ1v) is 10.4. The summed E-state index contributed by atoms with van der Waals surface area (Å²) in [7, 11) is 4.11. The Bertz CT molecular complexity index is 750. The Kier molecular flexibility index (Phi) is 6.15. The van der Waals surface area contributed by atoms with Crippen molar-refractivity contribution in [2.75, 3.05) is 58.4 Å². The molecule has 0 spiro atoms. The largest absolute Gasteiger partial charge is 0.379 e. The molecule has 29 heavy (non-hydrogen) atoms. The number of morpholine rings is 1. The van der Waals surface area contributed by atoms with Crippen LogP contribution in [0.1, 0.15) is 24.3 Å². The Labute approximate surface area is 172 Å². The molecular weight excluding hydrogens is 370 g/mol. The summed E-state index contributed by atoms with van der Waals surface area (Å²) in [6.07, 6.45) is 0.257. The van der Waals surface area contributed by atoms with Crippen LogP contribution in [0.5, 0.6) is 0 Å². The van der Waals surface area contributed by atoms with E-state index in [4.69, 9.17) is 4.74 Å². The lowest BCUT2D eigenvalue weighted by Crippen LogP contribution is -2.63. The Morgan fingerprint density at radius 2 is 2.00 bits per heavy atom. The van der Waals surface area contributed by atoms with Gasteiger partial charge in [0.2, 0.25) is 11.8 Å². The quantitative estimate of drug-likeness (QED) is 0.732. The van der Waals surface area contributed by atoms with Gasteiger partial charge in [-0.3, -0.25) is 19.8 Å². The number of para-hydroxylation sites is 1. The van der Waals surface area contributed by atoms with Gasteiger partial charge in [0.1, 0.15) is 0 Å².